The number of nitro groups is 1. The predicted octanol–water partition coefficient (Wildman–Crippen LogP) is 0.620. The molecule has 0 aliphatic heterocycles. The number of aromatic nitrogens is 2. The van der Waals surface area contributed by atoms with E-state index in [1.165, 1.54) is 17.0 Å². The first-order valence-electron chi connectivity index (χ1n) is 2.86. The van der Waals surface area contributed by atoms with Gasteiger partial charge in [-0.15, -0.1) is 0 Å². The van der Waals surface area contributed by atoms with Gasteiger partial charge in [0.05, 0.1) is 6.04 Å². The molecule has 5 nitrogen and oxygen atoms in total. The fraction of sp³-hybridized carbons (Fsp3) is 0.167. The summed E-state index contributed by atoms with van der Waals surface area (Å²) < 4.78 is 1.17. The van der Waals surface area contributed by atoms with Gasteiger partial charge in [-0.1, -0.05) is 10.9 Å². The maximum Gasteiger partial charge on any atom is 0.447 e. The zero-order chi connectivity index (χ0) is 8.27. The molecule has 0 aliphatic rings. The van der Waals surface area contributed by atoms with Gasteiger partial charge in [-0.05, 0) is 4.92 Å². The van der Waals surface area contributed by atoms with Gasteiger partial charge < -0.3 is 10.1 Å². The van der Waals surface area contributed by atoms with Crippen LogP contribution < -0.4 is 0 Å². The Morgan fingerprint density at radius 3 is 3.09 bits per heavy atom. The third kappa shape index (κ3) is 1.35. The van der Waals surface area contributed by atoms with Crippen LogP contribution in [-0.2, 0) is 0 Å². The molecule has 0 fully saturated rings. The first kappa shape index (κ1) is 7.28. The highest BCUT2D eigenvalue weighted by Crippen LogP contribution is 2.03. The Morgan fingerprint density at radius 1 is 1.82 bits per heavy atom. The number of hydrogen-bond donors (Lipinski definition) is 0. The first-order valence-corrected chi connectivity index (χ1v) is 2.86. The summed E-state index contributed by atoms with van der Waals surface area (Å²) in [5.41, 5.74) is 0. The second kappa shape index (κ2) is 2.84. The van der Waals surface area contributed by atoms with Crippen LogP contribution in [-0.4, -0.2) is 14.5 Å². The molecule has 0 N–H and O–H groups in total. The molecule has 1 aromatic rings. The van der Waals surface area contributed by atoms with Crippen LogP contribution in [0.15, 0.2) is 12.4 Å². The van der Waals surface area contributed by atoms with E-state index in [1.54, 1.807) is 6.92 Å². The predicted molar refractivity (Wildman–Crippen MR) is 37.7 cm³/mol. The van der Waals surface area contributed by atoms with Crippen molar-refractivity contribution >= 4 is 5.95 Å². The van der Waals surface area contributed by atoms with E-state index in [0.29, 0.717) is 0 Å². The minimum atomic E-state index is -0.579. The normalized spacial score (nSPS) is 8.45. The largest absolute Gasteiger partial charge is 0.447 e. The van der Waals surface area contributed by atoms with Gasteiger partial charge in [-0.3, -0.25) is 0 Å². The Labute approximate surface area is 62.8 Å². The van der Waals surface area contributed by atoms with Crippen molar-refractivity contribution in [2.75, 3.05) is 0 Å². The Bertz CT molecular complexity index is 331. The summed E-state index contributed by atoms with van der Waals surface area (Å²) in [6.07, 6.45) is 2.77. The van der Waals surface area contributed by atoms with Crippen LogP contribution in [0.2, 0.25) is 0 Å². The summed E-state index contributed by atoms with van der Waals surface area (Å²) in [7, 11) is 0. The second-order valence-electron chi connectivity index (χ2n) is 1.72. The third-order valence-electron chi connectivity index (χ3n) is 1.02. The lowest BCUT2D eigenvalue weighted by Crippen LogP contribution is -1.97. The van der Waals surface area contributed by atoms with Crippen molar-refractivity contribution in [1.82, 2.24) is 9.55 Å². The van der Waals surface area contributed by atoms with Gasteiger partial charge in [-0.25, -0.2) is 0 Å². The van der Waals surface area contributed by atoms with Crippen molar-refractivity contribution in [2.45, 2.75) is 6.92 Å². The Hall–Kier alpha value is -1.83. The summed E-state index contributed by atoms with van der Waals surface area (Å²) in [6, 6.07) is 2.50. The lowest BCUT2D eigenvalue weighted by atomic mass is 10.7. The van der Waals surface area contributed by atoms with Gasteiger partial charge in [0.25, 0.3) is 0 Å². The van der Waals surface area contributed by atoms with Crippen LogP contribution in [0.4, 0.5) is 5.95 Å². The van der Waals surface area contributed by atoms with Gasteiger partial charge in [0.2, 0.25) is 0 Å². The standard InChI is InChI=1S/C6H5N3O2/c1-2-4-8-5-3-7-6(8)9(10)11/h3,5H,1H3. The fourth-order valence-electron chi connectivity index (χ4n) is 0.638. The molecule has 0 bridgehead atoms. The summed E-state index contributed by atoms with van der Waals surface area (Å²) >= 11 is 0. The molecule has 0 aromatic carbocycles. The van der Waals surface area contributed by atoms with E-state index in [-0.39, 0.29) is 5.95 Å². The molecule has 0 radical (unpaired) electrons. The summed E-state index contributed by atoms with van der Waals surface area (Å²) in [6.45, 7) is 1.60. The maximum absolute atomic E-state index is 10.2. The van der Waals surface area contributed by atoms with Crippen molar-refractivity contribution in [2.24, 2.45) is 0 Å². The molecule has 0 saturated heterocycles. The van der Waals surface area contributed by atoms with Crippen molar-refractivity contribution in [1.29, 1.82) is 0 Å². The summed E-state index contributed by atoms with van der Waals surface area (Å²) in [5, 5.41) is 10.2. The molecular weight excluding hydrogens is 146 g/mol. The van der Waals surface area contributed by atoms with E-state index < -0.39 is 4.92 Å². The van der Waals surface area contributed by atoms with E-state index in [9.17, 15) is 10.1 Å². The molecule has 0 atom stereocenters. The molecule has 0 amide bonds. The van der Waals surface area contributed by atoms with Crippen LogP contribution in [0.25, 0.3) is 0 Å². The second-order valence-corrected chi connectivity index (χ2v) is 1.72. The van der Waals surface area contributed by atoms with E-state index in [4.69, 9.17) is 0 Å². The first-order chi connectivity index (χ1) is 5.25. The van der Waals surface area contributed by atoms with Crippen molar-refractivity contribution < 1.29 is 4.92 Å². The molecule has 1 aromatic heterocycles. The molecule has 0 spiro atoms. The zero-order valence-electron chi connectivity index (χ0n) is 5.81. The molecule has 1 rings (SSSR count). The van der Waals surface area contributed by atoms with E-state index >= 15 is 0 Å². The molecule has 11 heavy (non-hydrogen) atoms. The van der Waals surface area contributed by atoms with Gasteiger partial charge in [0.15, 0.2) is 0 Å². The zero-order valence-corrected chi connectivity index (χ0v) is 5.81. The molecule has 1 heterocycles. The van der Waals surface area contributed by atoms with Crippen molar-refractivity contribution in [3.8, 4) is 12.0 Å². The summed E-state index contributed by atoms with van der Waals surface area (Å²) in [5.74, 6) is 2.28. The monoisotopic (exact) mass is 151 g/mol. The number of nitrogens with zero attached hydrogens (tertiary/aromatic N) is 3. The number of imidazole rings is 1. The number of rotatable bonds is 1. The topological polar surface area (TPSA) is 61.0 Å². The third-order valence-corrected chi connectivity index (χ3v) is 1.02. The molecule has 0 unspecified atom stereocenters. The van der Waals surface area contributed by atoms with Crippen LogP contribution in [0.1, 0.15) is 6.92 Å². The Morgan fingerprint density at radius 2 is 2.55 bits per heavy atom. The molecule has 5 heteroatoms. The highest BCUT2D eigenvalue weighted by atomic mass is 16.6. The molecule has 0 saturated carbocycles. The van der Waals surface area contributed by atoms with Crippen molar-refractivity contribution in [3.63, 3.8) is 0 Å². The van der Waals surface area contributed by atoms with Crippen LogP contribution in [0.3, 0.4) is 0 Å². The molecule has 56 valence electrons. The maximum atomic E-state index is 10.2. The van der Waals surface area contributed by atoms with Gasteiger partial charge in [0.1, 0.15) is 12.4 Å². The lowest BCUT2D eigenvalue weighted by Gasteiger charge is -1.89. The van der Waals surface area contributed by atoms with Gasteiger partial charge in [0, 0.05) is 6.92 Å². The van der Waals surface area contributed by atoms with Crippen molar-refractivity contribution in [3.05, 3.63) is 22.5 Å². The smallest absolute Gasteiger partial charge is 0.390 e. The lowest BCUT2D eigenvalue weighted by molar-refractivity contribution is -0.395. The quantitative estimate of drug-likeness (QED) is 0.336. The van der Waals surface area contributed by atoms with Gasteiger partial charge >= 0.3 is 5.95 Å². The fourth-order valence-corrected chi connectivity index (χ4v) is 0.638. The van der Waals surface area contributed by atoms with E-state index in [2.05, 4.69) is 16.9 Å². The molecule has 0 aliphatic carbocycles. The average molecular weight is 151 g/mol. The average Bonchev–Trinajstić information content (AvgIpc) is 2.36. The Balaban J connectivity index is 3.12. The minimum absolute atomic E-state index is 0.251. The molecular formula is C6H5N3O2. The SMILES string of the molecule is CC#Cn1ccnc1[N+](=O)[O-]. The van der Waals surface area contributed by atoms with Crippen LogP contribution in [0, 0.1) is 22.1 Å². The summed E-state index contributed by atoms with van der Waals surface area (Å²) in [4.78, 5) is 13.1. The Kier molecular flexibility index (Phi) is 1.88. The minimum Gasteiger partial charge on any atom is -0.390 e. The highest BCUT2D eigenvalue weighted by molar-refractivity contribution is 5.16. The van der Waals surface area contributed by atoms with E-state index in [0.717, 1.165) is 0 Å². The van der Waals surface area contributed by atoms with Crippen LogP contribution >= 0.6 is 0 Å². The van der Waals surface area contributed by atoms with E-state index in [1.807, 2.05) is 0 Å². The van der Waals surface area contributed by atoms with Crippen LogP contribution in [0.5, 0.6) is 0 Å². The van der Waals surface area contributed by atoms with Gasteiger partial charge in [-0.2, -0.15) is 4.57 Å². The highest BCUT2D eigenvalue weighted by Gasteiger charge is 2.10. The number of hydrogen-bond acceptors (Lipinski definition) is 3.